The minimum absolute atomic E-state index is 0.0689. The number of benzene rings is 2. The van der Waals surface area contributed by atoms with E-state index < -0.39 is 5.92 Å². The van der Waals surface area contributed by atoms with Crippen LogP contribution < -0.4 is 9.47 Å². The summed E-state index contributed by atoms with van der Waals surface area (Å²) in [5.41, 5.74) is 3.17. The summed E-state index contributed by atoms with van der Waals surface area (Å²) in [7, 11) is 1.61. The number of carbonyl (C=O) groups excluding carboxylic acids is 2. The molecule has 0 fully saturated rings. The van der Waals surface area contributed by atoms with Gasteiger partial charge in [0.1, 0.15) is 18.1 Å². The van der Waals surface area contributed by atoms with Crippen molar-refractivity contribution in [1.29, 1.82) is 0 Å². The average Bonchev–Trinajstić information content (AvgIpc) is 2.83. The SMILES string of the molecule is COc1cc(C2C3=C(CCCC3=O)OC3=C2C(=O)CCC3)cc(I)c1OCc1ccccc1Br. The molecule has 0 atom stereocenters. The first-order valence-electron chi connectivity index (χ1n) is 11.4. The zero-order valence-corrected chi connectivity index (χ0v) is 22.5. The molecule has 0 N–H and O–H groups in total. The first kappa shape index (κ1) is 23.6. The van der Waals surface area contributed by atoms with Gasteiger partial charge in [-0.25, -0.2) is 0 Å². The second-order valence-electron chi connectivity index (χ2n) is 8.68. The van der Waals surface area contributed by atoms with E-state index in [0.717, 1.165) is 56.4 Å². The van der Waals surface area contributed by atoms with Gasteiger partial charge in [0.25, 0.3) is 0 Å². The number of hydrogen-bond donors (Lipinski definition) is 0. The van der Waals surface area contributed by atoms with E-state index in [1.165, 1.54) is 0 Å². The van der Waals surface area contributed by atoms with Crippen molar-refractivity contribution in [2.45, 2.75) is 51.0 Å². The zero-order valence-electron chi connectivity index (χ0n) is 18.8. The molecule has 0 bridgehead atoms. The lowest BCUT2D eigenvalue weighted by Crippen LogP contribution is -2.30. The molecule has 2 aliphatic carbocycles. The van der Waals surface area contributed by atoms with Crippen LogP contribution in [0.2, 0.25) is 0 Å². The fourth-order valence-electron chi connectivity index (χ4n) is 4.96. The number of halogens is 2. The Kier molecular flexibility index (Phi) is 6.84. The highest BCUT2D eigenvalue weighted by Crippen LogP contribution is 2.49. The molecule has 0 aromatic heterocycles. The van der Waals surface area contributed by atoms with Crippen molar-refractivity contribution in [3.8, 4) is 11.5 Å². The smallest absolute Gasteiger partial charge is 0.174 e. The van der Waals surface area contributed by atoms with Gasteiger partial charge in [0.05, 0.1) is 10.7 Å². The Morgan fingerprint density at radius 2 is 1.65 bits per heavy atom. The summed E-state index contributed by atoms with van der Waals surface area (Å²) in [4.78, 5) is 26.1. The quantitative estimate of drug-likeness (QED) is 0.340. The number of rotatable bonds is 5. The van der Waals surface area contributed by atoms with Crippen molar-refractivity contribution in [2.24, 2.45) is 0 Å². The van der Waals surface area contributed by atoms with Crippen molar-refractivity contribution in [3.05, 3.63) is 78.2 Å². The molecule has 5 nitrogen and oxygen atoms in total. The lowest BCUT2D eigenvalue weighted by atomic mass is 9.73. The van der Waals surface area contributed by atoms with E-state index in [1.54, 1.807) is 7.11 Å². The lowest BCUT2D eigenvalue weighted by Gasteiger charge is -2.36. The van der Waals surface area contributed by atoms with Crippen LogP contribution in [-0.2, 0) is 20.9 Å². The maximum absolute atomic E-state index is 13.1. The van der Waals surface area contributed by atoms with Crippen LogP contribution in [0.25, 0.3) is 0 Å². The third kappa shape index (κ3) is 4.33. The summed E-state index contributed by atoms with van der Waals surface area (Å²) in [5.74, 6) is 2.41. The molecule has 176 valence electrons. The minimum atomic E-state index is -0.418. The average molecular weight is 635 g/mol. The largest absolute Gasteiger partial charge is 0.493 e. The number of ketones is 2. The Labute approximate surface area is 220 Å². The van der Waals surface area contributed by atoms with Crippen molar-refractivity contribution in [2.75, 3.05) is 7.11 Å². The molecule has 5 rings (SSSR count). The van der Waals surface area contributed by atoms with Gasteiger partial charge in [-0.15, -0.1) is 0 Å². The van der Waals surface area contributed by atoms with Crippen LogP contribution in [0.3, 0.4) is 0 Å². The molecule has 0 spiro atoms. The van der Waals surface area contributed by atoms with Crippen LogP contribution in [0, 0.1) is 3.57 Å². The maximum atomic E-state index is 13.1. The number of ether oxygens (including phenoxy) is 3. The van der Waals surface area contributed by atoms with E-state index in [9.17, 15) is 9.59 Å². The Hall–Kier alpha value is -2.13. The van der Waals surface area contributed by atoms with E-state index in [1.807, 2.05) is 36.4 Å². The van der Waals surface area contributed by atoms with Gasteiger partial charge in [0.2, 0.25) is 0 Å². The van der Waals surface area contributed by atoms with Gasteiger partial charge in [-0.05, 0) is 59.2 Å². The third-order valence-corrected chi connectivity index (χ3v) is 8.13. The van der Waals surface area contributed by atoms with Gasteiger partial charge in [-0.2, -0.15) is 0 Å². The van der Waals surface area contributed by atoms with E-state index in [2.05, 4.69) is 38.5 Å². The van der Waals surface area contributed by atoms with E-state index in [-0.39, 0.29) is 11.6 Å². The summed E-state index contributed by atoms with van der Waals surface area (Å²) >= 11 is 5.80. The lowest BCUT2D eigenvalue weighted by molar-refractivity contribution is -0.117. The second-order valence-corrected chi connectivity index (χ2v) is 10.7. The summed E-state index contributed by atoms with van der Waals surface area (Å²) in [5, 5.41) is 0. The molecule has 2 aromatic carbocycles. The van der Waals surface area contributed by atoms with Crippen LogP contribution >= 0.6 is 38.5 Å². The fourth-order valence-corrected chi connectivity index (χ4v) is 6.14. The fraction of sp³-hybridized carbons (Fsp3) is 0.333. The molecule has 0 amide bonds. The summed E-state index contributed by atoms with van der Waals surface area (Å²) in [6, 6.07) is 11.8. The van der Waals surface area contributed by atoms with Crippen molar-refractivity contribution < 1.29 is 23.8 Å². The molecule has 0 radical (unpaired) electrons. The van der Waals surface area contributed by atoms with Gasteiger partial charge in [-0.1, -0.05) is 34.1 Å². The topological polar surface area (TPSA) is 61.8 Å². The summed E-state index contributed by atoms with van der Waals surface area (Å²) in [6.07, 6.45) is 3.98. The molecule has 0 saturated heterocycles. The number of Topliss-reactive ketones (excluding diaryl/α,β-unsaturated/α-hetero) is 2. The van der Waals surface area contributed by atoms with Gasteiger partial charge in [0, 0.05) is 52.8 Å². The van der Waals surface area contributed by atoms with Crippen molar-refractivity contribution in [3.63, 3.8) is 0 Å². The zero-order chi connectivity index (χ0) is 23.8. The summed E-state index contributed by atoms with van der Waals surface area (Å²) in [6.45, 7) is 0.381. The number of methoxy groups -OCH3 is 1. The molecule has 0 saturated carbocycles. The Bertz CT molecular complexity index is 1200. The molecule has 1 aliphatic heterocycles. The van der Waals surface area contributed by atoms with Crippen LogP contribution in [0.15, 0.2) is 63.5 Å². The van der Waals surface area contributed by atoms with Crippen molar-refractivity contribution >= 4 is 50.1 Å². The molecule has 34 heavy (non-hydrogen) atoms. The highest BCUT2D eigenvalue weighted by Gasteiger charge is 2.42. The second kappa shape index (κ2) is 9.85. The summed E-state index contributed by atoms with van der Waals surface area (Å²) < 4.78 is 19.9. The normalized spacial score (nSPS) is 18.4. The van der Waals surface area contributed by atoms with E-state index in [0.29, 0.717) is 42.1 Å². The van der Waals surface area contributed by atoms with Crippen LogP contribution in [0.1, 0.15) is 55.6 Å². The molecule has 2 aromatic rings. The van der Waals surface area contributed by atoms with Crippen LogP contribution in [-0.4, -0.2) is 18.7 Å². The van der Waals surface area contributed by atoms with Gasteiger partial charge in [-0.3, -0.25) is 9.59 Å². The monoisotopic (exact) mass is 634 g/mol. The Balaban J connectivity index is 1.57. The van der Waals surface area contributed by atoms with E-state index >= 15 is 0 Å². The highest BCUT2D eigenvalue weighted by atomic mass is 127. The van der Waals surface area contributed by atoms with Gasteiger partial charge in [0.15, 0.2) is 23.1 Å². The number of carbonyl (C=O) groups is 2. The van der Waals surface area contributed by atoms with Crippen LogP contribution in [0.4, 0.5) is 0 Å². The first-order chi connectivity index (χ1) is 16.5. The minimum Gasteiger partial charge on any atom is -0.493 e. The molecular formula is C27H24BrIO5. The number of allylic oxidation sites excluding steroid dienone is 4. The van der Waals surface area contributed by atoms with Crippen molar-refractivity contribution in [1.82, 2.24) is 0 Å². The van der Waals surface area contributed by atoms with Crippen LogP contribution in [0.5, 0.6) is 11.5 Å². The molecule has 1 heterocycles. The third-order valence-electron chi connectivity index (χ3n) is 6.56. The molecule has 3 aliphatic rings. The maximum Gasteiger partial charge on any atom is 0.174 e. The predicted octanol–water partition coefficient (Wildman–Crippen LogP) is 6.77. The molecule has 0 unspecified atom stereocenters. The van der Waals surface area contributed by atoms with Gasteiger partial charge >= 0.3 is 0 Å². The Morgan fingerprint density at radius 3 is 2.26 bits per heavy atom. The first-order valence-corrected chi connectivity index (χ1v) is 13.3. The standard InChI is InChI=1S/C27H24BrIO5/c1-32-23-13-16(12-18(29)27(23)33-14-15-6-2-3-7-17(15)28)24-25-19(30)8-4-10-21(25)34-22-11-5-9-20(31)26(22)24/h2-3,6-7,12-13,24H,4-5,8-11,14H2,1H3. The number of hydrogen-bond acceptors (Lipinski definition) is 5. The molecular weight excluding hydrogens is 611 g/mol. The van der Waals surface area contributed by atoms with Gasteiger partial charge < -0.3 is 14.2 Å². The molecule has 7 heteroatoms. The Morgan fingerprint density at radius 1 is 1.00 bits per heavy atom. The highest BCUT2D eigenvalue weighted by molar-refractivity contribution is 14.1. The van der Waals surface area contributed by atoms with E-state index in [4.69, 9.17) is 14.2 Å². The predicted molar refractivity (Wildman–Crippen MR) is 140 cm³/mol.